The van der Waals surface area contributed by atoms with Gasteiger partial charge in [-0.15, -0.1) is 0 Å². The van der Waals surface area contributed by atoms with Crippen LogP contribution >= 0.6 is 23.2 Å². The van der Waals surface area contributed by atoms with Gasteiger partial charge in [0.15, 0.2) is 0 Å². The van der Waals surface area contributed by atoms with Gasteiger partial charge in [0.05, 0.1) is 59.9 Å². The second-order valence-electron chi connectivity index (χ2n) is 11.1. The smallest absolute Gasteiger partial charge is 1.00 e. The van der Waals surface area contributed by atoms with Crippen LogP contribution < -0.4 is 29.6 Å². The zero-order chi connectivity index (χ0) is 33.5. The van der Waals surface area contributed by atoms with Gasteiger partial charge in [-0.05, 0) is 66.1 Å². The summed E-state index contributed by atoms with van der Waals surface area (Å²) in [5, 5.41) is 21.4. The molecule has 0 saturated heterocycles. The number of halogens is 4. The van der Waals surface area contributed by atoms with Crippen LogP contribution in [0.1, 0.15) is 18.6 Å². The summed E-state index contributed by atoms with van der Waals surface area (Å²) < 4.78 is 56.6. The van der Waals surface area contributed by atoms with Crippen molar-refractivity contribution >= 4 is 55.1 Å². The maximum Gasteiger partial charge on any atom is 1.00 e. The molecule has 4 aromatic heterocycles. The van der Waals surface area contributed by atoms with Gasteiger partial charge in [0, 0.05) is 22.7 Å². The summed E-state index contributed by atoms with van der Waals surface area (Å²) in [6, 6.07) is 19.9. The van der Waals surface area contributed by atoms with Crippen molar-refractivity contribution in [3.8, 4) is 22.8 Å². The molecular formula is C33H29Cl2F2N4NaO5S. The van der Waals surface area contributed by atoms with Crippen molar-refractivity contribution in [2.24, 2.45) is 0 Å². The Bertz CT molecular complexity index is 2240. The van der Waals surface area contributed by atoms with Gasteiger partial charge in [0.25, 0.3) is 10.1 Å². The molecule has 0 spiro atoms. The van der Waals surface area contributed by atoms with Crippen LogP contribution in [0.4, 0.5) is 8.78 Å². The molecular weight excluding hydrogens is 696 g/mol. The normalized spacial score (nSPS) is 14.5. The van der Waals surface area contributed by atoms with Crippen LogP contribution in [0, 0.1) is 11.6 Å². The van der Waals surface area contributed by atoms with Crippen LogP contribution in [0.3, 0.4) is 0 Å². The molecule has 5 heterocycles. The third-order valence-electron chi connectivity index (χ3n) is 7.79. The molecule has 7 rings (SSSR count). The van der Waals surface area contributed by atoms with Crippen molar-refractivity contribution in [2.75, 3.05) is 19.5 Å². The van der Waals surface area contributed by atoms with Crippen LogP contribution in [-0.2, 0) is 27.1 Å². The zero-order valence-corrected chi connectivity index (χ0v) is 30.1. The first-order valence-electron chi connectivity index (χ1n) is 14.4. The van der Waals surface area contributed by atoms with E-state index >= 15 is 0 Å². The minimum Gasteiger partial charge on any atom is -1.00 e. The molecule has 2 aromatic carbocycles. The molecule has 0 amide bonds. The summed E-state index contributed by atoms with van der Waals surface area (Å²) in [5.41, 5.74) is 5.58. The summed E-state index contributed by atoms with van der Waals surface area (Å²) >= 11 is 12.0. The number of pyridine rings is 2. The summed E-state index contributed by atoms with van der Waals surface area (Å²) in [7, 11) is -3.65. The third-order valence-corrected chi connectivity index (χ3v) is 8.78. The summed E-state index contributed by atoms with van der Waals surface area (Å²) in [6.45, 7) is -0.377. The standard InChI is InChI=1S/C17H16ClFN2O4S.C16H12ClFN2O.Na.H/c1-26(23,24)25-9-11(22)7-10-5-6-16(18)21-17(10)15-8-12-13(19)3-2-4-14(12)20-15;17-15-5-4-9-6-10(8-21)20-13-3-1-2-12(18)11(13)7-14(20)16(9)19-15;;/h2-6,8,11,20,22H,7,9H2,1H3;1-5,7,10,21H,6,8H2;;/q;;+1;-1. The van der Waals surface area contributed by atoms with Gasteiger partial charge in [0.2, 0.25) is 0 Å². The van der Waals surface area contributed by atoms with E-state index in [0.29, 0.717) is 44.8 Å². The molecule has 0 aliphatic carbocycles. The molecule has 1 aliphatic heterocycles. The number of hydrogen-bond donors (Lipinski definition) is 3. The maximum absolute atomic E-state index is 14.0. The van der Waals surface area contributed by atoms with Gasteiger partial charge in [0.1, 0.15) is 21.9 Å². The predicted octanol–water partition coefficient (Wildman–Crippen LogP) is 3.60. The Morgan fingerprint density at radius 1 is 1.00 bits per heavy atom. The van der Waals surface area contributed by atoms with Crippen LogP contribution in [0.15, 0.2) is 72.8 Å². The average molecular weight is 726 g/mol. The van der Waals surface area contributed by atoms with Crippen molar-refractivity contribution in [3.63, 3.8) is 0 Å². The van der Waals surface area contributed by atoms with E-state index < -0.39 is 16.2 Å². The number of aromatic amines is 1. The Morgan fingerprint density at radius 3 is 2.35 bits per heavy atom. The third kappa shape index (κ3) is 7.77. The Balaban J connectivity index is 0.000000216. The second-order valence-corrected chi connectivity index (χ2v) is 13.5. The molecule has 2 unspecified atom stereocenters. The Morgan fingerprint density at radius 2 is 1.67 bits per heavy atom. The molecule has 2 atom stereocenters. The molecule has 3 N–H and O–H groups in total. The minimum absolute atomic E-state index is 0. The molecule has 0 fully saturated rings. The van der Waals surface area contributed by atoms with E-state index in [0.717, 1.165) is 28.7 Å². The quantitative estimate of drug-likeness (QED) is 0.130. The fraction of sp³-hybridized carbons (Fsp3) is 0.212. The van der Waals surface area contributed by atoms with Gasteiger partial charge in [-0.2, -0.15) is 8.42 Å². The van der Waals surface area contributed by atoms with Crippen molar-refractivity contribution in [1.29, 1.82) is 0 Å². The van der Waals surface area contributed by atoms with Crippen molar-refractivity contribution in [3.05, 3.63) is 106 Å². The first-order valence-corrected chi connectivity index (χ1v) is 17.0. The average Bonchev–Trinajstić information content (AvgIpc) is 3.65. The van der Waals surface area contributed by atoms with Crippen molar-refractivity contribution < 1.29 is 62.6 Å². The van der Waals surface area contributed by atoms with Crippen LogP contribution in [0.5, 0.6) is 0 Å². The number of fused-ring (bicyclic) bond motifs is 6. The molecule has 9 nitrogen and oxygen atoms in total. The maximum atomic E-state index is 14.0. The van der Waals surface area contributed by atoms with E-state index in [-0.39, 0.29) is 73.4 Å². The van der Waals surface area contributed by atoms with Gasteiger partial charge >= 0.3 is 29.6 Å². The van der Waals surface area contributed by atoms with E-state index in [2.05, 4.69) is 19.1 Å². The first-order chi connectivity index (χ1) is 22.4. The van der Waals surface area contributed by atoms with E-state index in [1.807, 2.05) is 16.7 Å². The first kappa shape index (κ1) is 36.4. The van der Waals surface area contributed by atoms with E-state index in [1.54, 1.807) is 48.5 Å². The van der Waals surface area contributed by atoms with Gasteiger partial charge in [-0.1, -0.05) is 47.5 Å². The Labute approximate surface area is 308 Å². The Hall–Kier alpha value is -2.91. The Kier molecular flexibility index (Phi) is 11.3. The summed E-state index contributed by atoms with van der Waals surface area (Å²) in [6.07, 6.45) is 0.594. The fourth-order valence-electron chi connectivity index (χ4n) is 5.76. The second kappa shape index (κ2) is 14.9. The van der Waals surface area contributed by atoms with E-state index in [9.17, 15) is 27.4 Å². The molecule has 0 radical (unpaired) electrons. The number of aliphatic hydroxyl groups excluding tert-OH is 2. The molecule has 15 heteroatoms. The number of benzene rings is 2. The van der Waals surface area contributed by atoms with E-state index in [1.165, 1.54) is 12.1 Å². The van der Waals surface area contributed by atoms with Gasteiger partial charge in [-0.25, -0.2) is 18.7 Å². The largest absolute Gasteiger partial charge is 1.00 e. The number of nitrogens with zero attached hydrogens (tertiary/aromatic N) is 3. The van der Waals surface area contributed by atoms with Crippen LogP contribution in [0.25, 0.3) is 44.6 Å². The monoisotopic (exact) mass is 724 g/mol. The number of H-pyrrole nitrogens is 1. The number of aliphatic hydroxyl groups is 2. The topological polar surface area (TPSA) is 130 Å². The summed E-state index contributed by atoms with van der Waals surface area (Å²) in [4.78, 5) is 11.7. The van der Waals surface area contributed by atoms with Crippen molar-refractivity contribution in [2.45, 2.75) is 25.0 Å². The fourth-order valence-corrected chi connectivity index (χ4v) is 6.45. The van der Waals surface area contributed by atoms with E-state index in [4.69, 9.17) is 23.2 Å². The van der Waals surface area contributed by atoms with Crippen LogP contribution in [-0.4, -0.2) is 63.7 Å². The number of hydrogen-bond acceptors (Lipinski definition) is 7. The molecule has 6 aromatic rings. The summed E-state index contributed by atoms with van der Waals surface area (Å²) in [5.74, 6) is -0.634. The minimum atomic E-state index is -3.65. The molecule has 0 saturated carbocycles. The molecule has 246 valence electrons. The van der Waals surface area contributed by atoms with Gasteiger partial charge < -0.3 is 21.2 Å². The van der Waals surface area contributed by atoms with Crippen LogP contribution in [0.2, 0.25) is 10.3 Å². The number of rotatable bonds is 7. The van der Waals surface area contributed by atoms with Gasteiger partial charge in [-0.3, -0.25) is 4.18 Å². The van der Waals surface area contributed by atoms with Crippen molar-refractivity contribution in [1.82, 2.24) is 19.5 Å². The molecule has 1 aliphatic rings. The molecule has 48 heavy (non-hydrogen) atoms. The SMILES string of the molecule is CS(=O)(=O)OCC(O)Cc1ccc(Cl)nc1-c1cc2c(F)cccc2[nH]1.OCC1Cc2ccc(Cl)nc2-c2cc3c(F)cccc3n21.[H-].[Na+]. The predicted molar refractivity (Wildman–Crippen MR) is 178 cm³/mol. The zero-order valence-electron chi connectivity index (χ0n) is 26.8. The number of aromatic nitrogens is 4. The number of nitrogens with one attached hydrogen (secondary N) is 1. The molecule has 0 bridgehead atoms.